The van der Waals surface area contributed by atoms with Gasteiger partial charge in [0.05, 0.1) is 19.4 Å². The Morgan fingerprint density at radius 3 is 1.50 bits per heavy atom. The molecular formula is C29H40O9. The van der Waals surface area contributed by atoms with E-state index in [-0.39, 0.29) is 32.5 Å². The Kier molecular flexibility index (Phi) is 16.0. The van der Waals surface area contributed by atoms with Gasteiger partial charge in [-0.05, 0) is 52.7 Å². The van der Waals surface area contributed by atoms with Gasteiger partial charge in [0.25, 0.3) is 0 Å². The Morgan fingerprint density at radius 2 is 1.11 bits per heavy atom. The number of hydrogen-bond donors (Lipinski definition) is 2. The number of benzene rings is 2. The number of carboxylic acid groups (broad SMARTS) is 1. The minimum absolute atomic E-state index is 0.0629. The Hall–Kier alpha value is -3.72. The van der Waals surface area contributed by atoms with Gasteiger partial charge in [0.1, 0.15) is 24.2 Å². The zero-order valence-corrected chi connectivity index (χ0v) is 23.1. The van der Waals surface area contributed by atoms with Crippen LogP contribution in [0.25, 0.3) is 0 Å². The van der Waals surface area contributed by atoms with Gasteiger partial charge in [-0.25, -0.2) is 0 Å². The smallest absolute Gasteiger partial charge is 0.317 e. The van der Waals surface area contributed by atoms with Crippen molar-refractivity contribution in [2.75, 3.05) is 0 Å². The van der Waals surface area contributed by atoms with E-state index in [1.165, 1.54) is 0 Å². The summed E-state index contributed by atoms with van der Waals surface area (Å²) in [4.78, 5) is 43.7. The Balaban J connectivity index is 0.000000588. The van der Waals surface area contributed by atoms with Crippen molar-refractivity contribution in [3.8, 4) is 0 Å². The fourth-order valence-electron chi connectivity index (χ4n) is 2.47. The minimum atomic E-state index is -0.985. The summed E-state index contributed by atoms with van der Waals surface area (Å²) in [5.74, 6) is -2.60. The first-order chi connectivity index (χ1) is 17.6. The highest BCUT2D eigenvalue weighted by Crippen LogP contribution is 2.10. The highest BCUT2D eigenvalue weighted by molar-refractivity contribution is 5.91. The van der Waals surface area contributed by atoms with Crippen LogP contribution in [0.2, 0.25) is 0 Å². The molecule has 0 aromatic heterocycles. The van der Waals surface area contributed by atoms with Gasteiger partial charge in [-0.3, -0.25) is 19.2 Å². The van der Waals surface area contributed by atoms with E-state index in [1.807, 2.05) is 60.7 Å². The summed E-state index contributed by atoms with van der Waals surface area (Å²) in [5, 5.41) is 16.8. The zero-order chi connectivity index (χ0) is 29.2. The van der Waals surface area contributed by atoms with Crippen molar-refractivity contribution in [1.29, 1.82) is 0 Å². The average molecular weight is 533 g/mol. The van der Waals surface area contributed by atoms with Crippen LogP contribution in [0, 0.1) is 0 Å². The maximum Gasteiger partial charge on any atom is 0.317 e. The van der Waals surface area contributed by atoms with Crippen molar-refractivity contribution in [2.45, 2.75) is 85.2 Å². The van der Waals surface area contributed by atoms with Gasteiger partial charge in [0.15, 0.2) is 0 Å². The number of rotatable bonds is 8. The van der Waals surface area contributed by atoms with Crippen molar-refractivity contribution in [3.63, 3.8) is 0 Å². The van der Waals surface area contributed by atoms with E-state index >= 15 is 0 Å². The fourth-order valence-corrected chi connectivity index (χ4v) is 2.47. The third-order valence-corrected chi connectivity index (χ3v) is 3.94. The quantitative estimate of drug-likeness (QED) is 0.278. The highest BCUT2D eigenvalue weighted by Gasteiger charge is 2.19. The predicted octanol–water partition coefficient (Wildman–Crippen LogP) is 4.83. The second kappa shape index (κ2) is 17.7. The third-order valence-electron chi connectivity index (χ3n) is 3.94. The topological polar surface area (TPSA) is 136 Å². The standard InChI is InChI=1S/C14H18O4.C8H14O4.C7H8O/c1-14(2,3)18-13(16)9-12(15)17-10-11-7-5-4-6-8-11;1-8(2,3)12-7(11)5-4-6(9)10;8-6-7-4-2-1-3-5-7/h4-8H,9-10H2,1-3H3;4-5H2,1-3H3,(H,9,10);1-5,8H,6H2. The van der Waals surface area contributed by atoms with E-state index in [9.17, 15) is 19.2 Å². The summed E-state index contributed by atoms with van der Waals surface area (Å²) in [6, 6.07) is 18.8. The third kappa shape index (κ3) is 21.6. The first-order valence-corrected chi connectivity index (χ1v) is 12.1. The van der Waals surface area contributed by atoms with Crippen LogP contribution in [-0.4, -0.2) is 45.3 Å². The fraction of sp³-hybridized carbons (Fsp3) is 0.448. The number of carbonyl (C=O) groups excluding carboxylic acids is 3. The molecule has 0 saturated carbocycles. The Bertz CT molecular complexity index is 973. The summed E-state index contributed by atoms with van der Waals surface area (Å²) in [6.45, 7) is 10.8. The van der Waals surface area contributed by atoms with Gasteiger partial charge in [0.2, 0.25) is 0 Å². The Morgan fingerprint density at radius 1 is 0.658 bits per heavy atom. The van der Waals surface area contributed by atoms with Crippen LogP contribution in [0.4, 0.5) is 0 Å². The second-order valence-corrected chi connectivity index (χ2v) is 10.0. The zero-order valence-electron chi connectivity index (χ0n) is 23.1. The molecule has 9 nitrogen and oxygen atoms in total. The van der Waals surface area contributed by atoms with Crippen LogP contribution in [0.1, 0.15) is 71.9 Å². The van der Waals surface area contributed by atoms with Gasteiger partial charge in [-0.2, -0.15) is 0 Å². The second-order valence-electron chi connectivity index (χ2n) is 10.0. The number of carboxylic acids is 1. The lowest BCUT2D eigenvalue weighted by Gasteiger charge is -2.19. The van der Waals surface area contributed by atoms with Gasteiger partial charge < -0.3 is 24.4 Å². The summed E-state index contributed by atoms with van der Waals surface area (Å²) in [5.41, 5.74) is 0.731. The SMILES string of the molecule is CC(C)(C)OC(=O)CC(=O)OCc1ccccc1.CC(C)(C)OC(=O)CCC(=O)O.OCc1ccccc1. The molecule has 38 heavy (non-hydrogen) atoms. The first kappa shape index (κ1) is 34.3. The van der Waals surface area contributed by atoms with Crippen molar-refractivity contribution < 1.29 is 43.6 Å². The molecule has 0 fully saturated rings. The highest BCUT2D eigenvalue weighted by atomic mass is 16.6. The number of ether oxygens (including phenoxy) is 3. The van der Waals surface area contributed by atoms with Crippen molar-refractivity contribution in [3.05, 3.63) is 71.8 Å². The molecule has 0 bridgehead atoms. The minimum Gasteiger partial charge on any atom is -0.481 e. The summed E-state index contributed by atoms with van der Waals surface area (Å²) < 4.78 is 14.9. The molecule has 2 rings (SSSR count). The molecule has 0 amide bonds. The monoisotopic (exact) mass is 532 g/mol. The molecular weight excluding hydrogens is 492 g/mol. The molecule has 9 heteroatoms. The van der Waals surface area contributed by atoms with Crippen LogP contribution in [0.15, 0.2) is 60.7 Å². The van der Waals surface area contributed by atoms with Gasteiger partial charge in [-0.1, -0.05) is 60.7 Å². The molecule has 0 heterocycles. The van der Waals surface area contributed by atoms with Crippen LogP contribution in [0.5, 0.6) is 0 Å². The molecule has 0 aliphatic carbocycles. The number of aliphatic carboxylic acids is 1. The van der Waals surface area contributed by atoms with E-state index in [4.69, 9.17) is 24.4 Å². The summed E-state index contributed by atoms with van der Waals surface area (Å²) >= 11 is 0. The largest absolute Gasteiger partial charge is 0.481 e. The van der Waals surface area contributed by atoms with Crippen LogP contribution in [-0.2, 0) is 46.6 Å². The number of hydrogen-bond acceptors (Lipinski definition) is 8. The average Bonchev–Trinajstić information content (AvgIpc) is 2.81. The maximum absolute atomic E-state index is 11.4. The predicted molar refractivity (Wildman–Crippen MR) is 142 cm³/mol. The van der Waals surface area contributed by atoms with Crippen LogP contribution >= 0.6 is 0 Å². The van der Waals surface area contributed by atoms with E-state index in [1.54, 1.807) is 41.5 Å². The maximum atomic E-state index is 11.4. The molecule has 0 radical (unpaired) electrons. The van der Waals surface area contributed by atoms with E-state index in [0.717, 1.165) is 11.1 Å². The molecule has 2 aromatic rings. The molecule has 210 valence electrons. The number of aliphatic hydroxyl groups is 1. The summed E-state index contributed by atoms with van der Waals surface area (Å²) in [6.07, 6.45) is -0.592. The van der Waals surface area contributed by atoms with E-state index in [0.29, 0.717) is 0 Å². The lowest BCUT2D eigenvalue weighted by atomic mass is 10.2. The van der Waals surface area contributed by atoms with Crippen molar-refractivity contribution >= 4 is 23.9 Å². The number of carbonyl (C=O) groups is 4. The van der Waals surface area contributed by atoms with Crippen LogP contribution in [0.3, 0.4) is 0 Å². The van der Waals surface area contributed by atoms with Gasteiger partial charge in [-0.15, -0.1) is 0 Å². The number of esters is 3. The molecule has 0 aliphatic rings. The van der Waals surface area contributed by atoms with E-state index in [2.05, 4.69) is 0 Å². The van der Waals surface area contributed by atoms with E-state index < -0.39 is 35.1 Å². The Labute approximate surface area is 224 Å². The molecule has 0 spiro atoms. The lowest BCUT2D eigenvalue weighted by molar-refractivity contribution is -0.162. The van der Waals surface area contributed by atoms with Gasteiger partial charge >= 0.3 is 23.9 Å². The van der Waals surface area contributed by atoms with Crippen LogP contribution < -0.4 is 0 Å². The summed E-state index contributed by atoms with van der Waals surface area (Å²) in [7, 11) is 0. The molecule has 0 unspecified atom stereocenters. The molecule has 2 N–H and O–H groups in total. The normalized spacial score (nSPS) is 10.5. The first-order valence-electron chi connectivity index (χ1n) is 12.1. The molecule has 0 atom stereocenters. The van der Waals surface area contributed by atoms with Crippen molar-refractivity contribution in [2.24, 2.45) is 0 Å². The number of aliphatic hydroxyl groups excluding tert-OH is 1. The van der Waals surface area contributed by atoms with Crippen molar-refractivity contribution in [1.82, 2.24) is 0 Å². The lowest BCUT2D eigenvalue weighted by Crippen LogP contribution is -2.25. The molecule has 0 aliphatic heterocycles. The molecule has 0 saturated heterocycles. The van der Waals surface area contributed by atoms with Gasteiger partial charge in [0, 0.05) is 0 Å². The molecule has 2 aromatic carbocycles.